The largest absolute Gasteiger partial charge is 0.497 e. The normalized spacial score (nSPS) is 13.8. The summed E-state index contributed by atoms with van der Waals surface area (Å²) in [6, 6.07) is 17.1. The minimum atomic E-state index is -0.0592. The van der Waals surface area contributed by atoms with Crippen LogP contribution in [0.1, 0.15) is 23.2 Å². The monoisotopic (exact) mass is 379 g/mol. The number of aromatic nitrogens is 2. The van der Waals surface area contributed by atoms with Crippen LogP contribution < -0.4 is 9.47 Å². The summed E-state index contributed by atoms with van der Waals surface area (Å²) >= 11 is 0. The van der Waals surface area contributed by atoms with Gasteiger partial charge in [0, 0.05) is 19.5 Å². The molecule has 7 heteroatoms. The van der Waals surface area contributed by atoms with E-state index >= 15 is 0 Å². The number of benzene rings is 2. The lowest BCUT2D eigenvalue weighted by Gasteiger charge is -2.36. The van der Waals surface area contributed by atoms with Crippen molar-refractivity contribution in [1.82, 2.24) is 15.0 Å². The summed E-state index contributed by atoms with van der Waals surface area (Å²) in [5.41, 5.74) is 1.14. The van der Waals surface area contributed by atoms with E-state index in [2.05, 4.69) is 10.1 Å². The van der Waals surface area contributed by atoms with Gasteiger partial charge in [-0.3, -0.25) is 4.79 Å². The Balaban J connectivity index is 1.24. The zero-order valence-corrected chi connectivity index (χ0v) is 15.6. The molecule has 1 fully saturated rings. The van der Waals surface area contributed by atoms with Crippen LogP contribution in [-0.4, -0.2) is 47.8 Å². The van der Waals surface area contributed by atoms with E-state index in [4.69, 9.17) is 14.0 Å². The molecule has 0 unspecified atom stereocenters. The standard InChI is InChI=1S/C21H21N3O4/c1-26-17-7-9-18(10-8-17)27-14-20(25)24-12-16(13-24)21-22-19(23-28-21)11-15-5-3-2-4-6-15/h2-10,16H,11-14H2,1H3. The smallest absolute Gasteiger partial charge is 0.260 e. The second-order valence-electron chi connectivity index (χ2n) is 6.67. The van der Waals surface area contributed by atoms with Gasteiger partial charge in [0.15, 0.2) is 12.4 Å². The lowest BCUT2D eigenvalue weighted by molar-refractivity contribution is -0.138. The molecule has 2 heterocycles. The number of carbonyl (C=O) groups excluding carboxylic acids is 1. The first-order chi connectivity index (χ1) is 13.7. The van der Waals surface area contributed by atoms with Crippen LogP contribution in [0.4, 0.5) is 0 Å². The number of hydrogen-bond donors (Lipinski definition) is 0. The third-order valence-electron chi connectivity index (χ3n) is 4.69. The quantitative estimate of drug-likeness (QED) is 0.628. The second kappa shape index (κ2) is 8.12. The second-order valence-corrected chi connectivity index (χ2v) is 6.67. The van der Waals surface area contributed by atoms with Crippen LogP contribution in [0, 0.1) is 0 Å². The number of hydrogen-bond acceptors (Lipinski definition) is 6. The summed E-state index contributed by atoms with van der Waals surface area (Å²) in [4.78, 5) is 18.5. The molecule has 2 aromatic carbocycles. The number of methoxy groups -OCH3 is 1. The van der Waals surface area contributed by atoms with Crippen molar-refractivity contribution in [2.75, 3.05) is 26.8 Å². The van der Waals surface area contributed by atoms with E-state index in [0.29, 0.717) is 37.0 Å². The minimum Gasteiger partial charge on any atom is -0.497 e. The maximum atomic E-state index is 12.3. The molecule has 4 rings (SSSR count). The molecule has 0 aliphatic carbocycles. The molecule has 0 radical (unpaired) electrons. The van der Waals surface area contributed by atoms with Crippen LogP contribution in [0.25, 0.3) is 0 Å². The fourth-order valence-corrected chi connectivity index (χ4v) is 3.03. The number of rotatable bonds is 7. The van der Waals surface area contributed by atoms with Crippen LogP contribution in [0.3, 0.4) is 0 Å². The first-order valence-corrected chi connectivity index (χ1v) is 9.12. The van der Waals surface area contributed by atoms with Crippen molar-refractivity contribution >= 4 is 5.91 Å². The Hall–Kier alpha value is -3.35. The van der Waals surface area contributed by atoms with Gasteiger partial charge in [-0.15, -0.1) is 0 Å². The van der Waals surface area contributed by atoms with Crippen molar-refractivity contribution in [3.05, 3.63) is 71.9 Å². The molecule has 3 aromatic rings. The molecule has 144 valence electrons. The number of carbonyl (C=O) groups is 1. The molecule has 1 saturated heterocycles. The Bertz CT molecular complexity index is 918. The van der Waals surface area contributed by atoms with Gasteiger partial charge in [-0.25, -0.2) is 0 Å². The molecule has 28 heavy (non-hydrogen) atoms. The van der Waals surface area contributed by atoms with Crippen molar-refractivity contribution in [1.29, 1.82) is 0 Å². The van der Waals surface area contributed by atoms with Gasteiger partial charge in [0.05, 0.1) is 13.0 Å². The zero-order valence-electron chi connectivity index (χ0n) is 15.6. The molecule has 0 bridgehead atoms. The molecule has 0 spiro atoms. The predicted molar refractivity (Wildman–Crippen MR) is 101 cm³/mol. The van der Waals surface area contributed by atoms with Gasteiger partial charge in [-0.05, 0) is 29.8 Å². The van der Waals surface area contributed by atoms with Crippen molar-refractivity contribution in [2.24, 2.45) is 0 Å². The number of amides is 1. The predicted octanol–water partition coefficient (Wildman–Crippen LogP) is 2.67. The molecule has 7 nitrogen and oxygen atoms in total. The third kappa shape index (κ3) is 4.14. The van der Waals surface area contributed by atoms with E-state index < -0.39 is 0 Å². The Labute approximate surface area is 162 Å². The highest BCUT2D eigenvalue weighted by Gasteiger charge is 2.35. The SMILES string of the molecule is COc1ccc(OCC(=O)N2CC(c3nc(Cc4ccccc4)no3)C2)cc1. The van der Waals surface area contributed by atoms with Crippen LogP contribution in [-0.2, 0) is 11.2 Å². The highest BCUT2D eigenvalue weighted by molar-refractivity contribution is 5.78. The van der Waals surface area contributed by atoms with Crippen molar-refractivity contribution in [3.63, 3.8) is 0 Å². The van der Waals surface area contributed by atoms with E-state index in [1.54, 1.807) is 36.3 Å². The minimum absolute atomic E-state index is 0.00212. The Morgan fingerprint density at radius 1 is 1.11 bits per heavy atom. The van der Waals surface area contributed by atoms with Gasteiger partial charge < -0.3 is 18.9 Å². The van der Waals surface area contributed by atoms with Crippen LogP contribution in [0.15, 0.2) is 59.1 Å². The molecule has 1 amide bonds. The first-order valence-electron chi connectivity index (χ1n) is 9.12. The van der Waals surface area contributed by atoms with E-state index in [1.165, 1.54) is 0 Å². The van der Waals surface area contributed by atoms with Gasteiger partial charge in [0.1, 0.15) is 11.5 Å². The lowest BCUT2D eigenvalue weighted by atomic mass is 10.0. The summed E-state index contributed by atoms with van der Waals surface area (Å²) < 4.78 is 16.0. The fourth-order valence-electron chi connectivity index (χ4n) is 3.03. The highest BCUT2D eigenvalue weighted by Crippen LogP contribution is 2.26. The van der Waals surface area contributed by atoms with Crippen molar-refractivity contribution in [3.8, 4) is 11.5 Å². The van der Waals surface area contributed by atoms with Gasteiger partial charge in [0.2, 0.25) is 5.89 Å². The number of likely N-dealkylation sites (tertiary alicyclic amines) is 1. The first kappa shape index (κ1) is 18.0. The van der Waals surface area contributed by atoms with Gasteiger partial charge in [-0.1, -0.05) is 35.5 Å². The molecule has 1 aliphatic rings. The summed E-state index contributed by atoms with van der Waals surface area (Å²) in [5.74, 6) is 2.65. The molecule has 0 N–H and O–H groups in total. The van der Waals surface area contributed by atoms with Crippen LogP contribution >= 0.6 is 0 Å². The van der Waals surface area contributed by atoms with Crippen LogP contribution in [0.2, 0.25) is 0 Å². The fraction of sp³-hybridized carbons (Fsp3) is 0.286. The maximum Gasteiger partial charge on any atom is 0.260 e. The van der Waals surface area contributed by atoms with Crippen molar-refractivity contribution in [2.45, 2.75) is 12.3 Å². The van der Waals surface area contributed by atoms with Gasteiger partial charge >= 0.3 is 0 Å². The molecular weight excluding hydrogens is 358 g/mol. The summed E-state index contributed by atoms with van der Waals surface area (Å²) in [6.45, 7) is 1.14. The van der Waals surface area contributed by atoms with Gasteiger partial charge in [0.25, 0.3) is 5.91 Å². The topological polar surface area (TPSA) is 77.7 Å². The zero-order chi connectivity index (χ0) is 19.3. The maximum absolute atomic E-state index is 12.3. The molecule has 0 saturated carbocycles. The average Bonchev–Trinajstić information content (AvgIpc) is 3.14. The number of nitrogens with zero attached hydrogens (tertiary/aromatic N) is 3. The van der Waals surface area contributed by atoms with Crippen molar-refractivity contribution < 1.29 is 18.8 Å². The van der Waals surface area contributed by atoms with E-state index in [0.717, 1.165) is 11.3 Å². The summed E-state index contributed by atoms with van der Waals surface area (Å²) in [7, 11) is 1.60. The summed E-state index contributed by atoms with van der Waals surface area (Å²) in [6.07, 6.45) is 0.634. The third-order valence-corrected chi connectivity index (χ3v) is 4.69. The molecule has 0 atom stereocenters. The highest BCUT2D eigenvalue weighted by atomic mass is 16.5. The van der Waals surface area contributed by atoms with E-state index in [9.17, 15) is 4.79 Å². The Morgan fingerprint density at radius 3 is 2.54 bits per heavy atom. The lowest BCUT2D eigenvalue weighted by Crippen LogP contribution is -2.50. The molecule has 1 aliphatic heterocycles. The Morgan fingerprint density at radius 2 is 1.82 bits per heavy atom. The molecular formula is C21H21N3O4. The Kier molecular flexibility index (Phi) is 5.23. The van der Waals surface area contributed by atoms with E-state index in [-0.39, 0.29) is 18.4 Å². The van der Waals surface area contributed by atoms with Crippen LogP contribution in [0.5, 0.6) is 11.5 Å². The van der Waals surface area contributed by atoms with E-state index in [1.807, 2.05) is 30.3 Å². The number of ether oxygens (including phenoxy) is 2. The van der Waals surface area contributed by atoms with Gasteiger partial charge in [-0.2, -0.15) is 4.98 Å². The molecule has 1 aromatic heterocycles. The average molecular weight is 379 g/mol. The summed E-state index contributed by atoms with van der Waals surface area (Å²) in [5, 5.41) is 4.05.